The topological polar surface area (TPSA) is 58.4 Å². The molecule has 21 heavy (non-hydrogen) atoms. The van der Waals surface area contributed by atoms with E-state index >= 15 is 0 Å². The first kappa shape index (κ1) is 15.8. The zero-order chi connectivity index (χ0) is 15.4. The predicted molar refractivity (Wildman–Crippen MR) is 88.3 cm³/mol. The largest absolute Gasteiger partial charge is 0.399 e. The van der Waals surface area contributed by atoms with E-state index in [1.807, 2.05) is 25.1 Å². The van der Waals surface area contributed by atoms with Gasteiger partial charge in [-0.25, -0.2) is 0 Å². The van der Waals surface area contributed by atoms with Crippen molar-refractivity contribution in [2.24, 2.45) is 0 Å². The Kier molecular flexibility index (Phi) is 5.23. The van der Waals surface area contributed by atoms with Crippen molar-refractivity contribution in [3.63, 3.8) is 0 Å². The zero-order valence-corrected chi connectivity index (χ0v) is 13.4. The lowest BCUT2D eigenvalue weighted by Gasteiger charge is -2.38. The van der Waals surface area contributed by atoms with Crippen LogP contribution in [0.4, 0.5) is 11.4 Å². The van der Waals surface area contributed by atoms with E-state index < -0.39 is 0 Å². The van der Waals surface area contributed by atoms with Gasteiger partial charge in [-0.05, 0) is 51.3 Å². The van der Waals surface area contributed by atoms with Crippen molar-refractivity contribution >= 4 is 17.3 Å². The monoisotopic (exact) mass is 289 g/mol. The van der Waals surface area contributed by atoms with E-state index in [1.54, 1.807) is 0 Å². The number of hydrogen-bond acceptors (Lipinski definition) is 3. The van der Waals surface area contributed by atoms with Crippen molar-refractivity contribution in [1.29, 1.82) is 0 Å². The summed E-state index contributed by atoms with van der Waals surface area (Å²) in [6, 6.07) is 6.76. The molecule has 4 nitrogen and oxygen atoms in total. The fourth-order valence-corrected chi connectivity index (χ4v) is 3.13. The minimum atomic E-state index is 0.0636. The molecule has 0 spiro atoms. The van der Waals surface area contributed by atoms with Crippen molar-refractivity contribution in [2.75, 3.05) is 17.6 Å². The van der Waals surface area contributed by atoms with Crippen LogP contribution in [0.1, 0.15) is 45.1 Å². The van der Waals surface area contributed by atoms with E-state index in [4.69, 9.17) is 5.73 Å². The highest BCUT2D eigenvalue weighted by Crippen LogP contribution is 2.23. The fourth-order valence-electron chi connectivity index (χ4n) is 3.13. The molecule has 4 heteroatoms. The third-order valence-electron chi connectivity index (χ3n) is 4.51. The third-order valence-corrected chi connectivity index (χ3v) is 4.51. The molecule has 3 N–H and O–H groups in total. The van der Waals surface area contributed by atoms with Gasteiger partial charge in [-0.2, -0.15) is 0 Å². The molecule has 2 atom stereocenters. The van der Waals surface area contributed by atoms with Gasteiger partial charge in [0, 0.05) is 36.4 Å². The number of piperidine rings is 1. The first-order chi connectivity index (χ1) is 9.97. The van der Waals surface area contributed by atoms with Crippen molar-refractivity contribution in [3.8, 4) is 0 Å². The summed E-state index contributed by atoms with van der Waals surface area (Å²) < 4.78 is 0. The number of benzene rings is 1. The Hall–Kier alpha value is -1.55. The molecule has 1 aliphatic rings. The SMILES string of the molecule is Cc1ccc(N)cc1NC(=O)CCN1C(C)CCCC1C. The predicted octanol–water partition coefficient (Wildman–Crippen LogP) is 3.17. The van der Waals surface area contributed by atoms with Gasteiger partial charge in [-0.1, -0.05) is 12.5 Å². The van der Waals surface area contributed by atoms with Crippen molar-refractivity contribution in [3.05, 3.63) is 23.8 Å². The first-order valence-corrected chi connectivity index (χ1v) is 7.89. The lowest BCUT2D eigenvalue weighted by molar-refractivity contribution is -0.116. The van der Waals surface area contributed by atoms with Gasteiger partial charge in [-0.15, -0.1) is 0 Å². The quantitative estimate of drug-likeness (QED) is 0.837. The first-order valence-electron chi connectivity index (χ1n) is 7.89. The molecule has 1 fully saturated rings. The highest BCUT2D eigenvalue weighted by atomic mass is 16.1. The van der Waals surface area contributed by atoms with E-state index in [0.717, 1.165) is 17.8 Å². The molecule has 1 heterocycles. The summed E-state index contributed by atoms with van der Waals surface area (Å²) in [5, 5.41) is 2.97. The van der Waals surface area contributed by atoms with Gasteiger partial charge >= 0.3 is 0 Å². The van der Waals surface area contributed by atoms with Gasteiger partial charge in [0.15, 0.2) is 0 Å². The number of nitrogens with two attached hydrogens (primary N) is 1. The second-order valence-electron chi connectivity index (χ2n) is 6.24. The second kappa shape index (κ2) is 6.94. The molecule has 2 unspecified atom stereocenters. The average Bonchev–Trinajstić information content (AvgIpc) is 2.42. The number of carbonyl (C=O) groups excluding carboxylic acids is 1. The molecule has 0 bridgehead atoms. The zero-order valence-electron chi connectivity index (χ0n) is 13.4. The number of nitrogen functional groups attached to an aromatic ring is 1. The number of carbonyl (C=O) groups is 1. The van der Waals surface area contributed by atoms with Crippen LogP contribution in [0.3, 0.4) is 0 Å². The van der Waals surface area contributed by atoms with Crippen molar-refractivity contribution in [2.45, 2.75) is 58.5 Å². The summed E-state index contributed by atoms with van der Waals surface area (Å²) in [6.45, 7) is 7.32. The summed E-state index contributed by atoms with van der Waals surface area (Å²) in [5.74, 6) is 0.0636. The highest BCUT2D eigenvalue weighted by molar-refractivity contribution is 5.92. The van der Waals surface area contributed by atoms with Crippen LogP contribution in [0.25, 0.3) is 0 Å². The molecule has 0 radical (unpaired) electrons. The van der Waals surface area contributed by atoms with E-state index in [2.05, 4.69) is 24.1 Å². The van der Waals surface area contributed by atoms with Crippen LogP contribution >= 0.6 is 0 Å². The van der Waals surface area contributed by atoms with E-state index in [9.17, 15) is 4.79 Å². The highest BCUT2D eigenvalue weighted by Gasteiger charge is 2.24. The van der Waals surface area contributed by atoms with Crippen LogP contribution in [-0.2, 0) is 4.79 Å². The fraction of sp³-hybridized carbons (Fsp3) is 0.588. The third kappa shape index (κ3) is 4.21. The Bertz CT molecular complexity index is 491. The summed E-state index contributed by atoms with van der Waals surface area (Å²) in [7, 11) is 0. The molecule has 0 aromatic heterocycles. The molecule has 2 rings (SSSR count). The summed E-state index contributed by atoms with van der Waals surface area (Å²) >= 11 is 0. The molecule has 0 saturated carbocycles. The van der Waals surface area contributed by atoms with Crippen LogP contribution in [0.15, 0.2) is 18.2 Å². The van der Waals surface area contributed by atoms with Crippen LogP contribution < -0.4 is 11.1 Å². The van der Waals surface area contributed by atoms with Gasteiger partial charge in [0.05, 0.1) is 0 Å². The normalized spacial score (nSPS) is 23.0. The van der Waals surface area contributed by atoms with E-state index in [0.29, 0.717) is 24.2 Å². The Balaban J connectivity index is 1.88. The number of aryl methyl sites for hydroxylation is 1. The number of likely N-dealkylation sites (tertiary alicyclic amines) is 1. The van der Waals surface area contributed by atoms with Crippen LogP contribution in [0.5, 0.6) is 0 Å². The Morgan fingerprint density at radius 2 is 2.00 bits per heavy atom. The van der Waals surface area contributed by atoms with Crippen molar-refractivity contribution < 1.29 is 4.79 Å². The smallest absolute Gasteiger partial charge is 0.225 e. The average molecular weight is 289 g/mol. The number of anilines is 2. The van der Waals surface area contributed by atoms with Gasteiger partial charge in [0.2, 0.25) is 5.91 Å². The maximum Gasteiger partial charge on any atom is 0.225 e. The molecule has 1 amide bonds. The van der Waals surface area contributed by atoms with Crippen LogP contribution in [-0.4, -0.2) is 29.4 Å². The Morgan fingerprint density at radius 1 is 1.33 bits per heavy atom. The maximum atomic E-state index is 12.2. The van der Waals surface area contributed by atoms with Gasteiger partial charge in [0.25, 0.3) is 0 Å². The number of hydrogen-bond donors (Lipinski definition) is 2. The molecular weight excluding hydrogens is 262 g/mol. The number of rotatable bonds is 4. The minimum absolute atomic E-state index is 0.0636. The summed E-state index contributed by atoms with van der Waals surface area (Å²) in [6.07, 6.45) is 4.30. The second-order valence-corrected chi connectivity index (χ2v) is 6.24. The molecule has 0 aliphatic carbocycles. The Morgan fingerprint density at radius 3 is 2.67 bits per heavy atom. The van der Waals surface area contributed by atoms with Crippen molar-refractivity contribution in [1.82, 2.24) is 4.90 Å². The molecule has 1 saturated heterocycles. The molecular formula is C17H27N3O. The molecule has 1 aliphatic heterocycles. The van der Waals surface area contributed by atoms with Gasteiger partial charge in [0.1, 0.15) is 0 Å². The minimum Gasteiger partial charge on any atom is -0.399 e. The maximum absolute atomic E-state index is 12.2. The van der Waals surface area contributed by atoms with Crippen LogP contribution in [0, 0.1) is 6.92 Å². The lowest BCUT2D eigenvalue weighted by Crippen LogP contribution is -2.44. The van der Waals surface area contributed by atoms with E-state index in [1.165, 1.54) is 19.3 Å². The molecule has 1 aromatic rings. The molecule has 1 aromatic carbocycles. The number of amides is 1. The number of nitrogens with zero attached hydrogens (tertiary/aromatic N) is 1. The molecule has 116 valence electrons. The number of nitrogens with one attached hydrogen (secondary N) is 1. The van der Waals surface area contributed by atoms with Gasteiger partial charge in [-0.3, -0.25) is 9.69 Å². The van der Waals surface area contributed by atoms with Gasteiger partial charge < -0.3 is 11.1 Å². The van der Waals surface area contributed by atoms with Crippen LogP contribution in [0.2, 0.25) is 0 Å². The summed E-state index contributed by atoms with van der Waals surface area (Å²) in [4.78, 5) is 14.6. The van der Waals surface area contributed by atoms with E-state index in [-0.39, 0.29) is 5.91 Å². The standard InChI is InChI=1S/C17H27N3O/c1-12-7-8-15(18)11-16(12)19-17(21)9-10-20-13(2)5-4-6-14(20)3/h7-8,11,13-14H,4-6,9-10,18H2,1-3H3,(H,19,21). The lowest BCUT2D eigenvalue weighted by atomic mass is 9.97. The Labute approximate surface area is 127 Å². The summed E-state index contributed by atoms with van der Waals surface area (Å²) in [5.41, 5.74) is 8.30.